The lowest BCUT2D eigenvalue weighted by atomic mass is 10.1. The van der Waals surface area contributed by atoms with E-state index >= 15 is 0 Å². The van der Waals surface area contributed by atoms with Gasteiger partial charge in [0.05, 0.1) is 24.0 Å². The lowest BCUT2D eigenvalue weighted by Gasteiger charge is -2.24. The van der Waals surface area contributed by atoms with Crippen molar-refractivity contribution in [3.8, 4) is 0 Å². The molecule has 5 nitrogen and oxygen atoms in total. The summed E-state index contributed by atoms with van der Waals surface area (Å²) in [4.78, 5) is 15.5. The number of amides is 1. The van der Waals surface area contributed by atoms with Crippen molar-refractivity contribution in [3.05, 3.63) is 18.3 Å². The number of carbonyl (C=O) groups is 1. The lowest BCUT2D eigenvalue weighted by molar-refractivity contribution is -0.115. The third-order valence-electron chi connectivity index (χ3n) is 2.14. The van der Waals surface area contributed by atoms with Gasteiger partial charge in [-0.15, -0.1) is 0 Å². The van der Waals surface area contributed by atoms with Gasteiger partial charge in [-0.2, -0.15) is 0 Å². The van der Waals surface area contributed by atoms with Crippen molar-refractivity contribution in [1.29, 1.82) is 0 Å². The molecule has 1 heterocycles. The number of carbonyl (C=O) groups excluding carboxylic acids is 1. The maximum Gasteiger partial charge on any atom is 0.276 e. The zero-order chi connectivity index (χ0) is 14.7. The van der Waals surface area contributed by atoms with Gasteiger partial charge in [0, 0.05) is 0 Å². The molecule has 106 valence electrons. The first-order valence-corrected chi connectivity index (χ1v) is 6.51. The predicted octanol–water partition coefficient (Wildman–Crippen LogP) is 2.57. The van der Waals surface area contributed by atoms with E-state index < -0.39 is 15.2 Å². The van der Waals surface area contributed by atoms with E-state index in [0.29, 0.717) is 11.5 Å². The van der Waals surface area contributed by atoms with Crippen molar-refractivity contribution in [2.45, 2.75) is 23.2 Å². The molecule has 0 bridgehead atoms. The van der Waals surface area contributed by atoms with Crippen molar-refractivity contribution < 1.29 is 9.90 Å². The molecule has 0 unspecified atom stereocenters. The average molecular weight is 327 g/mol. The van der Waals surface area contributed by atoms with Gasteiger partial charge in [0.15, 0.2) is 0 Å². The average Bonchev–Trinajstić information content (AvgIpc) is 2.30. The van der Waals surface area contributed by atoms with Crippen LogP contribution in [-0.2, 0) is 4.79 Å². The Morgan fingerprint density at radius 2 is 2.00 bits per heavy atom. The van der Waals surface area contributed by atoms with Gasteiger partial charge in [0.1, 0.15) is 5.82 Å². The first kappa shape index (κ1) is 16.3. The molecule has 1 amide bonds. The minimum absolute atomic E-state index is 0.0412. The van der Waals surface area contributed by atoms with Gasteiger partial charge < -0.3 is 15.7 Å². The molecule has 0 aliphatic heterocycles. The largest absolute Gasteiger partial charge is 0.394 e. The van der Waals surface area contributed by atoms with Gasteiger partial charge >= 0.3 is 0 Å². The van der Waals surface area contributed by atoms with E-state index in [9.17, 15) is 4.79 Å². The molecular weight excluding hydrogens is 312 g/mol. The van der Waals surface area contributed by atoms with Crippen molar-refractivity contribution in [3.63, 3.8) is 0 Å². The number of rotatable bonds is 4. The van der Waals surface area contributed by atoms with Gasteiger partial charge in [0.2, 0.25) is 0 Å². The van der Waals surface area contributed by atoms with E-state index in [2.05, 4.69) is 15.6 Å². The van der Waals surface area contributed by atoms with Crippen LogP contribution in [0.2, 0.25) is 0 Å². The lowest BCUT2D eigenvalue weighted by Crippen LogP contribution is -2.35. The summed E-state index contributed by atoms with van der Waals surface area (Å²) in [5.41, 5.74) is -0.0846. The van der Waals surface area contributed by atoms with E-state index in [1.54, 1.807) is 12.1 Å². The maximum atomic E-state index is 11.4. The summed E-state index contributed by atoms with van der Waals surface area (Å²) < 4.78 is -2.02. The summed E-state index contributed by atoms with van der Waals surface area (Å²) in [5, 5.41) is 14.6. The summed E-state index contributed by atoms with van der Waals surface area (Å²) >= 11 is 16.3. The van der Waals surface area contributed by atoms with Crippen molar-refractivity contribution in [1.82, 2.24) is 4.98 Å². The Balaban J connectivity index is 2.70. The minimum atomic E-state index is -2.02. The second-order valence-corrected chi connectivity index (χ2v) is 6.83. The van der Waals surface area contributed by atoms with Crippen LogP contribution in [0, 0.1) is 0 Å². The fraction of sp³-hybridized carbons (Fsp3) is 0.455. The zero-order valence-electron chi connectivity index (χ0n) is 10.4. The van der Waals surface area contributed by atoms with E-state index in [1.165, 1.54) is 6.20 Å². The highest BCUT2D eigenvalue weighted by atomic mass is 35.6. The molecule has 0 aromatic carbocycles. The van der Waals surface area contributed by atoms with Crippen molar-refractivity contribution in [2.75, 3.05) is 17.2 Å². The minimum Gasteiger partial charge on any atom is -0.394 e. The molecule has 0 saturated heterocycles. The van der Waals surface area contributed by atoms with Crippen LogP contribution in [0.3, 0.4) is 0 Å². The molecular formula is C11H14Cl3N3O2. The molecule has 19 heavy (non-hydrogen) atoms. The van der Waals surface area contributed by atoms with Gasteiger partial charge in [0.25, 0.3) is 9.70 Å². The zero-order valence-corrected chi connectivity index (χ0v) is 12.6. The van der Waals surface area contributed by atoms with E-state index in [0.717, 1.165) is 0 Å². The fourth-order valence-corrected chi connectivity index (χ4v) is 1.27. The molecule has 1 rings (SSSR count). The molecule has 1 aromatic heterocycles. The quantitative estimate of drug-likeness (QED) is 0.744. The Morgan fingerprint density at radius 3 is 2.42 bits per heavy atom. The summed E-state index contributed by atoms with van der Waals surface area (Å²) in [5.74, 6) is -0.193. The number of alkyl halides is 3. The van der Waals surface area contributed by atoms with Crippen LogP contribution in [-0.4, -0.2) is 31.9 Å². The number of aromatic nitrogens is 1. The number of aliphatic hydroxyl groups is 1. The predicted molar refractivity (Wildman–Crippen MR) is 77.9 cm³/mol. The summed E-state index contributed by atoms with van der Waals surface area (Å²) in [6, 6.07) is 3.25. The van der Waals surface area contributed by atoms with Crippen LogP contribution in [0.1, 0.15) is 13.8 Å². The second-order valence-electron chi connectivity index (χ2n) is 4.55. The molecule has 0 fully saturated rings. The molecule has 0 spiro atoms. The SMILES string of the molecule is CC(C)(CO)Nc1ccc(NC(=O)C(Cl)(Cl)Cl)cn1. The maximum absolute atomic E-state index is 11.4. The Labute approximate surface area is 126 Å². The highest BCUT2D eigenvalue weighted by Crippen LogP contribution is 2.27. The number of nitrogens with zero attached hydrogens (tertiary/aromatic N) is 1. The Bertz CT molecular complexity index is 443. The smallest absolute Gasteiger partial charge is 0.276 e. The van der Waals surface area contributed by atoms with Gasteiger partial charge in [-0.05, 0) is 26.0 Å². The Kier molecular flexibility index (Phi) is 5.26. The standard InChI is InChI=1S/C11H14Cl3N3O2/c1-10(2,6-18)17-8-4-3-7(5-15-8)16-9(19)11(12,13)14/h3-5,18H,6H2,1-2H3,(H,15,17)(H,16,19). The van der Waals surface area contributed by atoms with Gasteiger partial charge in [-0.3, -0.25) is 4.79 Å². The number of anilines is 2. The van der Waals surface area contributed by atoms with E-state index in [-0.39, 0.29) is 6.61 Å². The van der Waals surface area contributed by atoms with Crippen LogP contribution in [0.4, 0.5) is 11.5 Å². The topological polar surface area (TPSA) is 74.2 Å². The van der Waals surface area contributed by atoms with Gasteiger partial charge in [-0.25, -0.2) is 4.98 Å². The van der Waals surface area contributed by atoms with Crippen LogP contribution in [0.5, 0.6) is 0 Å². The third-order valence-corrected chi connectivity index (χ3v) is 2.66. The summed E-state index contributed by atoms with van der Waals surface area (Å²) in [7, 11) is 0. The molecule has 3 N–H and O–H groups in total. The number of pyridine rings is 1. The van der Waals surface area contributed by atoms with Crippen LogP contribution < -0.4 is 10.6 Å². The number of nitrogens with one attached hydrogen (secondary N) is 2. The van der Waals surface area contributed by atoms with Crippen LogP contribution in [0.15, 0.2) is 18.3 Å². The van der Waals surface area contributed by atoms with Crippen molar-refractivity contribution >= 4 is 52.2 Å². The fourth-order valence-electron chi connectivity index (χ4n) is 1.13. The molecule has 0 atom stereocenters. The molecule has 0 saturated carbocycles. The van der Waals surface area contributed by atoms with E-state index in [4.69, 9.17) is 39.9 Å². The molecule has 0 aliphatic rings. The third kappa shape index (κ3) is 5.40. The molecule has 8 heteroatoms. The number of hydrogen-bond acceptors (Lipinski definition) is 4. The Hall–Kier alpha value is -0.750. The van der Waals surface area contributed by atoms with Crippen LogP contribution >= 0.6 is 34.8 Å². The monoisotopic (exact) mass is 325 g/mol. The van der Waals surface area contributed by atoms with Crippen LogP contribution in [0.25, 0.3) is 0 Å². The van der Waals surface area contributed by atoms with Crippen molar-refractivity contribution in [2.24, 2.45) is 0 Å². The Morgan fingerprint density at radius 1 is 1.37 bits per heavy atom. The number of hydrogen-bond donors (Lipinski definition) is 3. The highest BCUT2D eigenvalue weighted by molar-refractivity contribution is 6.76. The van der Waals surface area contributed by atoms with Gasteiger partial charge in [-0.1, -0.05) is 34.8 Å². The number of aliphatic hydroxyl groups excluding tert-OH is 1. The normalized spacial score (nSPS) is 12.1. The molecule has 1 aromatic rings. The highest BCUT2D eigenvalue weighted by Gasteiger charge is 2.30. The number of halogens is 3. The summed E-state index contributed by atoms with van der Waals surface area (Å²) in [6.45, 7) is 3.61. The molecule has 0 radical (unpaired) electrons. The van der Waals surface area contributed by atoms with E-state index in [1.807, 2.05) is 13.8 Å². The molecule has 0 aliphatic carbocycles. The first-order chi connectivity index (χ1) is 8.64. The second kappa shape index (κ2) is 6.13. The summed E-state index contributed by atoms with van der Waals surface area (Å²) in [6.07, 6.45) is 1.42. The first-order valence-electron chi connectivity index (χ1n) is 5.37.